The van der Waals surface area contributed by atoms with Gasteiger partial charge in [0.2, 0.25) is 0 Å². The molecule has 0 fully saturated rings. The van der Waals surface area contributed by atoms with Crippen molar-refractivity contribution >= 4 is 5.97 Å². The summed E-state index contributed by atoms with van der Waals surface area (Å²) in [5, 5.41) is 8.56. The molecule has 29 heavy (non-hydrogen) atoms. The van der Waals surface area contributed by atoms with Crippen molar-refractivity contribution in [2.75, 3.05) is 0 Å². The molecule has 0 aliphatic rings. The summed E-state index contributed by atoms with van der Waals surface area (Å²) in [4.78, 5) is 10.4. The predicted molar refractivity (Wildman–Crippen MR) is 129 cm³/mol. The van der Waals surface area contributed by atoms with Crippen molar-refractivity contribution in [3.63, 3.8) is 0 Å². The Kier molecular flexibility index (Phi) is 24.1. The van der Waals surface area contributed by atoms with Crippen molar-refractivity contribution in [3.05, 3.63) is 24.3 Å². The van der Waals surface area contributed by atoms with Crippen LogP contribution in [-0.4, -0.2) is 11.1 Å². The van der Waals surface area contributed by atoms with Crippen LogP contribution in [0.2, 0.25) is 0 Å². The molecule has 0 aromatic carbocycles. The molecule has 0 atom stereocenters. The molecule has 0 radical (unpaired) electrons. The maximum atomic E-state index is 10.4. The minimum atomic E-state index is -0.694. The van der Waals surface area contributed by atoms with E-state index < -0.39 is 5.97 Å². The van der Waals surface area contributed by atoms with Gasteiger partial charge in [-0.25, -0.2) is 0 Å². The van der Waals surface area contributed by atoms with Gasteiger partial charge in [0, 0.05) is 6.42 Å². The predicted octanol–water partition coefficient (Wildman–Crippen LogP) is 9.40. The largest absolute Gasteiger partial charge is 0.481 e. The van der Waals surface area contributed by atoms with Gasteiger partial charge in [-0.05, 0) is 38.5 Å². The number of carbonyl (C=O) groups is 1. The average molecular weight is 407 g/mol. The van der Waals surface area contributed by atoms with Crippen molar-refractivity contribution in [3.8, 4) is 0 Å². The fraction of sp³-hybridized carbons (Fsp3) is 0.815. The molecule has 0 spiro atoms. The van der Waals surface area contributed by atoms with Crippen LogP contribution in [0.1, 0.15) is 142 Å². The minimum absolute atomic E-state index is 0.281. The van der Waals surface area contributed by atoms with Crippen LogP contribution < -0.4 is 0 Å². The highest BCUT2D eigenvalue weighted by atomic mass is 16.4. The van der Waals surface area contributed by atoms with E-state index in [1.807, 2.05) is 0 Å². The zero-order valence-electron chi connectivity index (χ0n) is 19.5. The highest BCUT2D eigenvalue weighted by Gasteiger charge is 1.94. The highest BCUT2D eigenvalue weighted by molar-refractivity contribution is 5.66. The van der Waals surface area contributed by atoms with E-state index in [-0.39, 0.29) is 6.42 Å². The summed E-state index contributed by atoms with van der Waals surface area (Å²) in [6.07, 6.45) is 35.6. The number of carboxylic acid groups (broad SMARTS) is 1. The van der Waals surface area contributed by atoms with Crippen molar-refractivity contribution in [1.29, 1.82) is 0 Å². The molecule has 0 unspecified atom stereocenters. The molecule has 0 heterocycles. The van der Waals surface area contributed by atoms with Crippen LogP contribution in [0, 0.1) is 0 Å². The van der Waals surface area contributed by atoms with Crippen LogP contribution in [-0.2, 0) is 4.79 Å². The first-order valence-electron chi connectivity index (χ1n) is 12.8. The van der Waals surface area contributed by atoms with Crippen LogP contribution in [0.25, 0.3) is 0 Å². The summed E-state index contributed by atoms with van der Waals surface area (Å²) >= 11 is 0. The Morgan fingerprint density at radius 3 is 1.28 bits per heavy atom. The number of allylic oxidation sites excluding steroid dienone is 4. The summed E-state index contributed by atoms with van der Waals surface area (Å²) in [5.74, 6) is -0.694. The van der Waals surface area contributed by atoms with Gasteiger partial charge in [-0.2, -0.15) is 0 Å². The lowest BCUT2D eigenvalue weighted by atomic mass is 10.0. The maximum Gasteiger partial charge on any atom is 0.303 e. The van der Waals surface area contributed by atoms with E-state index in [1.165, 1.54) is 103 Å². The number of unbranched alkanes of at least 4 members (excludes halogenated alkanes) is 17. The van der Waals surface area contributed by atoms with Gasteiger partial charge in [-0.1, -0.05) is 121 Å². The zero-order valence-corrected chi connectivity index (χ0v) is 19.5. The summed E-state index contributed by atoms with van der Waals surface area (Å²) in [6, 6.07) is 0. The summed E-state index contributed by atoms with van der Waals surface area (Å²) in [5.41, 5.74) is 0. The van der Waals surface area contributed by atoms with E-state index in [0.717, 1.165) is 25.7 Å². The second kappa shape index (κ2) is 25.0. The van der Waals surface area contributed by atoms with Crippen molar-refractivity contribution in [2.45, 2.75) is 142 Å². The number of carboxylic acids is 1. The number of hydrogen-bond acceptors (Lipinski definition) is 1. The molecule has 1 N–H and O–H groups in total. The van der Waals surface area contributed by atoms with Crippen LogP contribution >= 0.6 is 0 Å². The van der Waals surface area contributed by atoms with Gasteiger partial charge >= 0.3 is 5.97 Å². The van der Waals surface area contributed by atoms with E-state index in [2.05, 4.69) is 31.2 Å². The lowest BCUT2D eigenvalue weighted by Crippen LogP contribution is -1.92. The van der Waals surface area contributed by atoms with E-state index in [1.54, 1.807) is 0 Å². The average Bonchev–Trinajstić information content (AvgIpc) is 2.71. The van der Waals surface area contributed by atoms with Gasteiger partial charge < -0.3 is 5.11 Å². The molecule has 170 valence electrons. The Balaban J connectivity index is 3.13. The molecule has 0 bridgehead atoms. The third-order valence-electron chi connectivity index (χ3n) is 5.57. The third-order valence-corrected chi connectivity index (χ3v) is 5.57. The highest BCUT2D eigenvalue weighted by Crippen LogP contribution is 2.13. The van der Waals surface area contributed by atoms with Crippen molar-refractivity contribution in [2.24, 2.45) is 0 Å². The molecule has 0 aromatic heterocycles. The monoisotopic (exact) mass is 406 g/mol. The molecular weight excluding hydrogens is 356 g/mol. The second-order valence-electron chi connectivity index (χ2n) is 8.54. The Hall–Kier alpha value is -1.05. The van der Waals surface area contributed by atoms with Gasteiger partial charge in [-0.3, -0.25) is 4.79 Å². The Morgan fingerprint density at radius 2 is 0.862 bits per heavy atom. The molecule has 0 amide bonds. The SMILES string of the molecule is CCCCCCCCCCCCCCCCC/C=C\CC/C=C\CCCC(=O)O. The molecule has 0 aromatic rings. The smallest absolute Gasteiger partial charge is 0.303 e. The van der Waals surface area contributed by atoms with E-state index in [9.17, 15) is 4.79 Å². The van der Waals surface area contributed by atoms with Crippen LogP contribution in [0.15, 0.2) is 24.3 Å². The molecule has 0 saturated carbocycles. The van der Waals surface area contributed by atoms with Crippen LogP contribution in [0.4, 0.5) is 0 Å². The quantitative estimate of drug-likeness (QED) is 0.135. The minimum Gasteiger partial charge on any atom is -0.481 e. The van der Waals surface area contributed by atoms with Crippen LogP contribution in [0.3, 0.4) is 0 Å². The Morgan fingerprint density at radius 1 is 0.517 bits per heavy atom. The second-order valence-corrected chi connectivity index (χ2v) is 8.54. The van der Waals surface area contributed by atoms with Gasteiger partial charge in [0.1, 0.15) is 0 Å². The zero-order chi connectivity index (χ0) is 21.3. The topological polar surface area (TPSA) is 37.3 Å². The molecular formula is C27H50O2. The first-order chi connectivity index (χ1) is 14.3. The Bertz CT molecular complexity index is 384. The normalized spacial score (nSPS) is 11.8. The molecule has 0 aliphatic heterocycles. The van der Waals surface area contributed by atoms with E-state index in [0.29, 0.717) is 0 Å². The van der Waals surface area contributed by atoms with E-state index in [4.69, 9.17) is 5.11 Å². The molecule has 0 aliphatic carbocycles. The maximum absolute atomic E-state index is 10.4. The molecule has 2 heteroatoms. The number of aliphatic carboxylic acids is 1. The van der Waals surface area contributed by atoms with Crippen molar-refractivity contribution < 1.29 is 9.90 Å². The van der Waals surface area contributed by atoms with Gasteiger partial charge in [0.05, 0.1) is 0 Å². The first kappa shape index (κ1) is 27.9. The fourth-order valence-corrected chi connectivity index (χ4v) is 3.67. The number of rotatable bonds is 23. The molecule has 2 nitrogen and oxygen atoms in total. The van der Waals surface area contributed by atoms with Gasteiger partial charge in [0.15, 0.2) is 0 Å². The standard InChI is InChI=1S/C27H50O2/c1-2-3-4-5-6-7-8-9-10-11-12-13-14-15-16-17-18-19-20-21-22-23-24-25-26-27(28)29/h18-19,22-23H,2-17,20-21,24-26H2,1H3,(H,28,29)/b19-18-,23-22-. The van der Waals surface area contributed by atoms with Crippen molar-refractivity contribution in [1.82, 2.24) is 0 Å². The lowest BCUT2D eigenvalue weighted by Gasteiger charge is -2.03. The molecule has 0 rings (SSSR count). The third kappa shape index (κ3) is 26.9. The van der Waals surface area contributed by atoms with E-state index >= 15 is 0 Å². The number of hydrogen-bond donors (Lipinski definition) is 1. The van der Waals surface area contributed by atoms with Gasteiger partial charge in [0.25, 0.3) is 0 Å². The first-order valence-corrected chi connectivity index (χ1v) is 12.8. The van der Waals surface area contributed by atoms with Crippen LogP contribution in [0.5, 0.6) is 0 Å². The fourth-order valence-electron chi connectivity index (χ4n) is 3.67. The Labute approximate surface area is 182 Å². The summed E-state index contributed by atoms with van der Waals surface area (Å²) in [6.45, 7) is 2.29. The van der Waals surface area contributed by atoms with Gasteiger partial charge in [-0.15, -0.1) is 0 Å². The molecule has 0 saturated heterocycles. The summed E-state index contributed by atoms with van der Waals surface area (Å²) < 4.78 is 0. The lowest BCUT2D eigenvalue weighted by molar-refractivity contribution is -0.137. The summed E-state index contributed by atoms with van der Waals surface area (Å²) in [7, 11) is 0.